The first-order valence-electron chi connectivity index (χ1n) is 27.6. The summed E-state index contributed by atoms with van der Waals surface area (Å²) in [7, 11) is 0. The second kappa shape index (κ2) is 14.9. The first kappa shape index (κ1) is 45.5. The molecule has 0 saturated carbocycles. The molecule has 2 heteroatoms. The van der Waals surface area contributed by atoms with E-state index in [0.29, 0.717) is 0 Å². The highest BCUT2D eigenvalue weighted by Crippen LogP contribution is 2.53. The highest BCUT2D eigenvalue weighted by molar-refractivity contribution is 6.33. The number of benzene rings is 11. The topological polar surface area (TPSA) is 8.82 Å². The van der Waals surface area contributed by atoms with Crippen molar-refractivity contribution in [1.82, 2.24) is 8.80 Å². The van der Waals surface area contributed by atoms with Crippen LogP contribution >= 0.6 is 0 Å². The van der Waals surface area contributed by atoms with E-state index in [1.807, 2.05) is 0 Å². The van der Waals surface area contributed by atoms with Crippen LogP contribution < -0.4 is 0 Å². The van der Waals surface area contributed by atoms with Crippen molar-refractivity contribution in [2.24, 2.45) is 0 Å². The molecule has 0 spiro atoms. The minimum atomic E-state index is -0.0554. The predicted octanol–water partition coefficient (Wildman–Crippen LogP) is 21.1. The highest BCUT2D eigenvalue weighted by atomic mass is 14.9. The fourth-order valence-electron chi connectivity index (χ4n) is 13.6. The smallest absolute Gasteiger partial charge is 0.0620 e. The van der Waals surface area contributed by atoms with Gasteiger partial charge in [-0.3, -0.25) is 0 Å². The third-order valence-corrected chi connectivity index (χ3v) is 17.7. The summed E-state index contributed by atoms with van der Waals surface area (Å²) in [5.41, 5.74) is 18.1. The van der Waals surface area contributed by atoms with Gasteiger partial charge in [-0.25, -0.2) is 0 Å². The van der Waals surface area contributed by atoms with Gasteiger partial charge in [0, 0.05) is 43.1 Å². The fraction of sp³-hybridized carbons (Fsp3) is 0.216. The Morgan fingerprint density at radius 3 is 0.921 bits per heavy atom. The molecule has 11 aromatic carbocycles. The molecule has 0 aliphatic rings. The fourth-order valence-corrected chi connectivity index (χ4v) is 13.6. The lowest BCUT2D eigenvalue weighted by Gasteiger charge is -2.21. The molecule has 0 aliphatic heterocycles. The summed E-state index contributed by atoms with van der Waals surface area (Å²) in [6, 6.07) is 66.9. The maximum atomic E-state index is 2.61. The Labute approximate surface area is 444 Å². The number of hydrogen-bond acceptors (Lipinski definition) is 0. The highest BCUT2D eigenvalue weighted by Gasteiger charge is 2.30. The average molecular weight is 981 g/mol. The summed E-state index contributed by atoms with van der Waals surface area (Å²) in [6.07, 6.45) is 0. The molecule has 76 heavy (non-hydrogen) atoms. The van der Waals surface area contributed by atoms with Gasteiger partial charge in [-0.2, -0.15) is 0 Å². The van der Waals surface area contributed by atoms with Crippen molar-refractivity contribution >= 4 is 119 Å². The molecule has 4 heterocycles. The van der Waals surface area contributed by atoms with Crippen LogP contribution in [0.25, 0.3) is 142 Å². The Morgan fingerprint density at radius 1 is 0.237 bits per heavy atom. The molecule has 0 atom stereocenters. The third-order valence-electron chi connectivity index (χ3n) is 17.7. The molecule has 15 rings (SSSR count). The van der Waals surface area contributed by atoms with Crippen LogP contribution in [0.2, 0.25) is 0 Å². The molecule has 0 N–H and O–H groups in total. The Balaban J connectivity index is 1.21. The average Bonchev–Trinajstić information content (AvgIpc) is 4.19. The van der Waals surface area contributed by atoms with Gasteiger partial charge in [-0.15, -0.1) is 0 Å². The summed E-state index contributed by atoms with van der Waals surface area (Å²) >= 11 is 0. The lowest BCUT2D eigenvalue weighted by molar-refractivity contribution is 0.590. The van der Waals surface area contributed by atoms with Crippen LogP contribution in [0.3, 0.4) is 0 Å². The number of nitrogens with zero attached hydrogens (tertiary/aromatic N) is 2. The predicted molar refractivity (Wildman–Crippen MR) is 331 cm³/mol. The van der Waals surface area contributed by atoms with E-state index in [1.165, 1.54) is 164 Å². The molecular formula is C74H64N2. The van der Waals surface area contributed by atoms with Crippen LogP contribution in [0.15, 0.2) is 170 Å². The molecule has 0 bridgehead atoms. The lowest BCUT2D eigenvalue weighted by Crippen LogP contribution is -2.11. The lowest BCUT2D eigenvalue weighted by atomic mass is 9.82. The quantitative estimate of drug-likeness (QED) is 0.153. The second-order valence-corrected chi connectivity index (χ2v) is 26.6. The van der Waals surface area contributed by atoms with Gasteiger partial charge in [0.25, 0.3) is 0 Å². The zero-order chi connectivity index (χ0) is 52.3. The molecule has 4 aromatic heterocycles. The zero-order valence-electron chi connectivity index (χ0n) is 46.1. The Bertz CT molecular complexity index is 4670. The van der Waals surface area contributed by atoms with Crippen molar-refractivity contribution in [3.63, 3.8) is 0 Å². The van der Waals surface area contributed by atoms with Crippen molar-refractivity contribution in [2.75, 3.05) is 0 Å². The van der Waals surface area contributed by atoms with Gasteiger partial charge in [-0.05, 0) is 182 Å². The van der Waals surface area contributed by atoms with E-state index in [0.717, 1.165) is 0 Å². The Morgan fingerprint density at radius 2 is 0.553 bits per heavy atom. The molecule has 370 valence electrons. The minimum absolute atomic E-state index is 0.0170. The molecule has 0 amide bonds. The SMILES string of the molecule is CC(C)(C)c1ccc2c(c1)c1cc(C(C)(C)C)cc3c4cc5c(-c6cccc7ccccc67)c6cc7c(cc6c(-c6cccc8ccccc68)c5cc4n2c13)c1cc(C(C)(C)C)cc2c3cc(C(C)(C)C)ccc3n7c21. The van der Waals surface area contributed by atoms with Gasteiger partial charge in [0.15, 0.2) is 0 Å². The molecule has 0 aliphatic carbocycles. The van der Waals surface area contributed by atoms with Crippen molar-refractivity contribution in [3.05, 3.63) is 192 Å². The third kappa shape index (κ3) is 6.22. The molecule has 0 fully saturated rings. The summed E-state index contributed by atoms with van der Waals surface area (Å²) in [5.74, 6) is 0. The first-order chi connectivity index (χ1) is 36.2. The molecule has 2 nitrogen and oxygen atoms in total. The largest absolute Gasteiger partial charge is 0.308 e. The standard InChI is InChI=1S/C74H64N2/c1-71(2,3)43-27-29-63-51(31-43)59-33-45(73(7,8)9)35-61-53-37-55-57(39-65(53)75(63)69(59)61)67(49-25-17-21-41-19-13-15-23-47(41)49)56-38-54-62-36-46(74(10,11)12)34-60-52-32-44(72(4,5)6)28-30-64(52)76(70(60)62)66(54)40-58(56)68(55)50-26-18-22-42-20-14-16-24-48(42)50/h13-40H,1-12H3. The van der Waals surface area contributed by atoms with Gasteiger partial charge >= 0.3 is 0 Å². The van der Waals surface area contributed by atoms with Crippen LogP contribution in [0.5, 0.6) is 0 Å². The van der Waals surface area contributed by atoms with E-state index in [2.05, 4.69) is 262 Å². The number of hydrogen-bond donors (Lipinski definition) is 0. The molecule has 0 saturated heterocycles. The zero-order valence-corrected chi connectivity index (χ0v) is 46.1. The van der Waals surface area contributed by atoms with Crippen molar-refractivity contribution < 1.29 is 0 Å². The van der Waals surface area contributed by atoms with Crippen LogP contribution in [-0.4, -0.2) is 8.80 Å². The van der Waals surface area contributed by atoms with Crippen molar-refractivity contribution in [1.29, 1.82) is 0 Å². The van der Waals surface area contributed by atoms with E-state index in [9.17, 15) is 0 Å². The first-order valence-corrected chi connectivity index (χ1v) is 27.6. The summed E-state index contributed by atoms with van der Waals surface area (Å²) in [5, 5.41) is 20.6. The van der Waals surface area contributed by atoms with E-state index >= 15 is 0 Å². The van der Waals surface area contributed by atoms with Crippen LogP contribution in [-0.2, 0) is 21.7 Å². The van der Waals surface area contributed by atoms with Crippen LogP contribution in [0.1, 0.15) is 105 Å². The Hall–Kier alpha value is -7.94. The summed E-state index contributed by atoms with van der Waals surface area (Å²) < 4.78 is 5.23. The minimum Gasteiger partial charge on any atom is -0.308 e. The van der Waals surface area contributed by atoms with Gasteiger partial charge in [0.05, 0.1) is 33.1 Å². The van der Waals surface area contributed by atoms with Gasteiger partial charge in [0.1, 0.15) is 0 Å². The van der Waals surface area contributed by atoms with Gasteiger partial charge in [-0.1, -0.05) is 180 Å². The van der Waals surface area contributed by atoms with Crippen LogP contribution in [0, 0.1) is 0 Å². The van der Waals surface area contributed by atoms with Gasteiger partial charge in [0.2, 0.25) is 0 Å². The normalized spacial score (nSPS) is 13.5. The van der Waals surface area contributed by atoms with E-state index in [-0.39, 0.29) is 21.7 Å². The van der Waals surface area contributed by atoms with Crippen molar-refractivity contribution in [2.45, 2.75) is 105 Å². The second-order valence-electron chi connectivity index (χ2n) is 26.6. The molecule has 15 aromatic rings. The maximum absolute atomic E-state index is 2.61. The van der Waals surface area contributed by atoms with Gasteiger partial charge < -0.3 is 8.80 Å². The molecular weight excluding hydrogens is 917 g/mol. The Kier molecular flexibility index (Phi) is 8.92. The van der Waals surface area contributed by atoms with Crippen LogP contribution in [0.4, 0.5) is 0 Å². The summed E-state index contributed by atoms with van der Waals surface area (Å²) in [4.78, 5) is 0. The maximum Gasteiger partial charge on any atom is 0.0620 e. The number of rotatable bonds is 2. The monoisotopic (exact) mass is 981 g/mol. The van der Waals surface area contributed by atoms with E-state index < -0.39 is 0 Å². The van der Waals surface area contributed by atoms with E-state index in [1.54, 1.807) is 0 Å². The number of aromatic nitrogens is 2. The van der Waals surface area contributed by atoms with Crippen molar-refractivity contribution in [3.8, 4) is 22.3 Å². The molecule has 0 unspecified atom stereocenters. The summed E-state index contributed by atoms with van der Waals surface area (Å²) in [6.45, 7) is 28.2. The molecule has 0 radical (unpaired) electrons. The van der Waals surface area contributed by atoms with E-state index in [4.69, 9.17) is 0 Å². The number of fused-ring (bicyclic) bond motifs is 16.